The molecule has 0 radical (unpaired) electrons. The van der Waals surface area contributed by atoms with Gasteiger partial charge in [-0.3, -0.25) is 4.79 Å². The summed E-state index contributed by atoms with van der Waals surface area (Å²) in [7, 11) is 0. The van der Waals surface area contributed by atoms with E-state index < -0.39 is 0 Å². The maximum absolute atomic E-state index is 12.0. The lowest BCUT2D eigenvalue weighted by atomic mass is 10.1. The zero-order valence-corrected chi connectivity index (χ0v) is 21.6. The number of aryl methyl sites for hydroxylation is 4. The van der Waals surface area contributed by atoms with E-state index in [4.69, 9.17) is 9.72 Å². The molecule has 2 aromatic heterocycles. The van der Waals surface area contributed by atoms with Crippen molar-refractivity contribution >= 4 is 28.3 Å². The van der Waals surface area contributed by atoms with Crippen molar-refractivity contribution in [1.82, 2.24) is 14.9 Å². The summed E-state index contributed by atoms with van der Waals surface area (Å²) in [6, 6.07) is 18.5. The molecule has 0 unspecified atom stereocenters. The third-order valence-electron chi connectivity index (χ3n) is 6.22. The molecule has 2 heterocycles. The lowest BCUT2D eigenvalue weighted by Gasteiger charge is -2.12. The van der Waals surface area contributed by atoms with E-state index in [0.29, 0.717) is 6.54 Å². The van der Waals surface area contributed by atoms with Crippen LogP contribution in [0.1, 0.15) is 58.7 Å². The molecule has 0 aliphatic heterocycles. The summed E-state index contributed by atoms with van der Waals surface area (Å²) in [6.45, 7) is 6.58. The summed E-state index contributed by atoms with van der Waals surface area (Å²) >= 11 is 1.48. The molecule has 4 rings (SSSR count). The quantitative estimate of drug-likeness (QED) is 0.212. The van der Waals surface area contributed by atoms with Gasteiger partial charge in [0.1, 0.15) is 11.6 Å². The number of imidazole rings is 1. The van der Waals surface area contributed by atoms with Gasteiger partial charge in [0.05, 0.1) is 22.5 Å². The number of aromatic nitrogens is 2. The van der Waals surface area contributed by atoms with Gasteiger partial charge in [0, 0.05) is 19.5 Å². The molecule has 2 aromatic carbocycles. The second-order valence-electron chi connectivity index (χ2n) is 9.04. The molecule has 35 heavy (non-hydrogen) atoms. The first-order chi connectivity index (χ1) is 17.1. The van der Waals surface area contributed by atoms with E-state index in [0.717, 1.165) is 73.6 Å². The van der Waals surface area contributed by atoms with E-state index in [2.05, 4.69) is 66.2 Å². The van der Waals surface area contributed by atoms with Crippen LogP contribution in [-0.4, -0.2) is 28.6 Å². The van der Waals surface area contributed by atoms with Gasteiger partial charge < -0.3 is 14.6 Å². The van der Waals surface area contributed by atoms with Crippen molar-refractivity contribution in [2.24, 2.45) is 0 Å². The standard InChI is InChI=1S/C29H35N3O2S/c1-22-15-16-23(2)26(21-22)34-19-9-8-18-32-25-12-6-5-11-24(25)31-28(32)14-4-3-7-17-30-29(33)27-13-10-20-35-27/h5-6,10-13,15-16,20-21H,3-4,7-9,14,17-19H2,1-2H3,(H,30,33). The molecule has 0 aliphatic rings. The zero-order chi connectivity index (χ0) is 24.5. The Morgan fingerprint density at radius 3 is 2.74 bits per heavy atom. The molecule has 0 bridgehead atoms. The Morgan fingerprint density at radius 2 is 1.89 bits per heavy atom. The summed E-state index contributed by atoms with van der Waals surface area (Å²) in [4.78, 5) is 17.7. The second-order valence-corrected chi connectivity index (χ2v) is 9.98. The van der Waals surface area contributed by atoms with Crippen LogP contribution in [0.15, 0.2) is 60.0 Å². The number of rotatable bonds is 13. The van der Waals surface area contributed by atoms with Crippen molar-refractivity contribution < 1.29 is 9.53 Å². The van der Waals surface area contributed by atoms with Crippen LogP contribution in [0.2, 0.25) is 0 Å². The van der Waals surface area contributed by atoms with Crippen LogP contribution in [0, 0.1) is 13.8 Å². The summed E-state index contributed by atoms with van der Waals surface area (Å²) in [5, 5.41) is 4.94. The number of amides is 1. The van der Waals surface area contributed by atoms with Gasteiger partial charge in [-0.2, -0.15) is 0 Å². The fourth-order valence-corrected chi connectivity index (χ4v) is 4.90. The van der Waals surface area contributed by atoms with Crippen molar-refractivity contribution in [1.29, 1.82) is 0 Å². The summed E-state index contributed by atoms with van der Waals surface area (Å²) in [5.41, 5.74) is 4.69. The third kappa shape index (κ3) is 6.95. The number of nitrogens with one attached hydrogen (secondary N) is 1. The molecule has 184 valence electrons. The zero-order valence-electron chi connectivity index (χ0n) is 20.8. The lowest BCUT2D eigenvalue weighted by molar-refractivity contribution is 0.0957. The Bertz CT molecular complexity index is 1230. The number of fused-ring (bicyclic) bond motifs is 1. The number of para-hydroxylation sites is 2. The molecule has 1 amide bonds. The highest BCUT2D eigenvalue weighted by atomic mass is 32.1. The van der Waals surface area contributed by atoms with Gasteiger partial charge >= 0.3 is 0 Å². The van der Waals surface area contributed by atoms with E-state index in [1.165, 1.54) is 28.0 Å². The van der Waals surface area contributed by atoms with Crippen molar-refractivity contribution in [3.8, 4) is 5.75 Å². The van der Waals surface area contributed by atoms with Gasteiger partial charge in [0.25, 0.3) is 5.91 Å². The van der Waals surface area contributed by atoms with E-state index in [1.807, 2.05) is 17.5 Å². The number of carbonyl (C=O) groups is 1. The number of unbranched alkanes of at least 4 members (excludes halogenated alkanes) is 3. The maximum Gasteiger partial charge on any atom is 0.261 e. The van der Waals surface area contributed by atoms with Crippen molar-refractivity contribution in [2.75, 3.05) is 13.2 Å². The van der Waals surface area contributed by atoms with Gasteiger partial charge in [-0.15, -0.1) is 11.3 Å². The van der Waals surface area contributed by atoms with Gasteiger partial charge in [-0.1, -0.05) is 36.8 Å². The number of nitrogens with zero attached hydrogens (tertiary/aromatic N) is 2. The van der Waals surface area contributed by atoms with Crippen molar-refractivity contribution in [3.63, 3.8) is 0 Å². The number of benzene rings is 2. The monoisotopic (exact) mass is 489 g/mol. The molecule has 4 aromatic rings. The fraction of sp³-hybridized carbons (Fsp3) is 0.379. The Labute approximate surface area is 212 Å². The molecule has 6 heteroatoms. The van der Waals surface area contributed by atoms with Crippen molar-refractivity contribution in [2.45, 2.75) is 58.9 Å². The average Bonchev–Trinajstić information content (AvgIpc) is 3.52. The topological polar surface area (TPSA) is 56.1 Å². The maximum atomic E-state index is 12.0. The van der Waals surface area contributed by atoms with Gasteiger partial charge in [-0.05, 0) is 80.3 Å². The normalized spacial score (nSPS) is 11.1. The Hall–Kier alpha value is -3.12. The average molecular weight is 490 g/mol. The number of thiophene rings is 1. The molecule has 0 atom stereocenters. The highest BCUT2D eigenvalue weighted by Gasteiger charge is 2.10. The minimum atomic E-state index is 0.0309. The smallest absolute Gasteiger partial charge is 0.261 e. The molecule has 0 saturated heterocycles. The number of hydrogen-bond donors (Lipinski definition) is 1. The summed E-state index contributed by atoms with van der Waals surface area (Å²) in [5.74, 6) is 2.18. The van der Waals surface area contributed by atoms with Crippen LogP contribution in [0.4, 0.5) is 0 Å². The molecular weight excluding hydrogens is 454 g/mol. The molecular formula is C29H35N3O2S. The van der Waals surface area contributed by atoms with Crippen LogP contribution in [-0.2, 0) is 13.0 Å². The largest absolute Gasteiger partial charge is 0.493 e. The first-order valence-electron chi connectivity index (χ1n) is 12.6. The predicted octanol–water partition coefficient (Wildman–Crippen LogP) is 6.72. The SMILES string of the molecule is Cc1ccc(C)c(OCCCCn2c(CCCCCNC(=O)c3cccs3)nc3ccccc32)c1. The Kier molecular flexibility index (Phi) is 8.96. The third-order valence-corrected chi connectivity index (χ3v) is 7.09. The van der Waals surface area contributed by atoms with Crippen LogP contribution in [0.5, 0.6) is 5.75 Å². The molecule has 1 N–H and O–H groups in total. The Morgan fingerprint density at radius 1 is 1.00 bits per heavy atom. The molecule has 0 fully saturated rings. The Balaban J connectivity index is 1.23. The van der Waals surface area contributed by atoms with Crippen molar-refractivity contribution in [3.05, 3.63) is 81.8 Å². The van der Waals surface area contributed by atoms with Crippen LogP contribution in [0.25, 0.3) is 11.0 Å². The van der Waals surface area contributed by atoms with E-state index in [-0.39, 0.29) is 5.91 Å². The lowest BCUT2D eigenvalue weighted by Crippen LogP contribution is -2.23. The summed E-state index contributed by atoms with van der Waals surface area (Å²) < 4.78 is 8.42. The molecule has 0 saturated carbocycles. The van der Waals surface area contributed by atoms with Gasteiger partial charge in [-0.25, -0.2) is 4.98 Å². The minimum absolute atomic E-state index is 0.0309. The number of ether oxygens (including phenoxy) is 1. The first-order valence-corrected chi connectivity index (χ1v) is 13.5. The summed E-state index contributed by atoms with van der Waals surface area (Å²) in [6.07, 6.45) is 6.11. The van der Waals surface area contributed by atoms with Crippen LogP contribution >= 0.6 is 11.3 Å². The van der Waals surface area contributed by atoms with E-state index in [1.54, 1.807) is 0 Å². The predicted molar refractivity (Wildman–Crippen MR) is 145 cm³/mol. The molecule has 0 spiro atoms. The number of carbonyl (C=O) groups excluding carboxylic acids is 1. The van der Waals surface area contributed by atoms with E-state index in [9.17, 15) is 4.79 Å². The van der Waals surface area contributed by atoms with Crippen LogP contribution < -0.4 is 10.1 Å². The molecule has 0 aliphatic carbocycles. The highest BCUT2D eigenvalue weighted by molar-refractivity contribution is 7.12. The van der Waals surface area contributed by atoms with E-state index >= 15 is 0 Å². The van der Waals surface area contributed by atoms with Gasteiger partial charge in [0.15, 0.2) is 0 Å². The fourth-order valence-electron chi connectivity index (χ4n) is 4.26. The van der Waals surface area contributed by atoms with Crippen LogP contribution in [0.3, 0.4) is 0 Å². The first kappa shape index (κ1) is 25.0. The minimum Gasteiger partial charge on any atom is -0.493 e. The second kappa shape index (κ2) is 12.5. The number of hydrogen-bond acceptors (Lipinski definition) is 4. The molecule has 5 nitrogen and oxygen atoms in total. The highest BCUT2D eigenvalue weighted by Crippen LogP contribution is 2.21. The van der Waals surface area contributed by atoms with Gasteiger partial charge in [0.2, 0.25) is 0 Å².